The molecule has 2 aromatic carbocycles. The lowest BCUT2D eigenvalue weighted by atomic mass is 10.1. The van der Waals surface area contributed by atoms with Gasteiger partial charge in [0.1, 0.15) is 26.9 Å². The van der Waals surface area contributed by atoms with E-state index >= 15 is 0 Å². The van der Waals surface area contributed by atoms with Crippen LogP contribution in [0.1, 0.15) is 27.6 Å². The van der Waals surface area contributed by atoms with Crippen LogP contribution in [-0.4, -0.2) is 53.2 Å². The van der Waals surface area contributed by atoms with Crippen molar-refractivity contribution in [1.82, 2.24) is 5.32 Å². The first-order valence-corrected chi connectivity index (χ1v) is 11.8. The number of nitrogens with one attached hydrogen (secondary N) is 1. The van der Waals surface area contributed by atoms with E-state index < -0.39 is 92.2 Å². The zero-order valence-corrected chi connectivity index (χ0v) is 20.1. The van der Waals surface area contributed by atoms with Crippen LogP contribution >= 0.6 is 0 Å². The highest BCUT2D eigenvalue weighted by Gasteiger charge is 2.49. The highest BCUT2D eigenvalue weighted by atomic mass is 32.2. The number of carbonyl (C=O) groups excluding carboxylic acids is 3. The Balaban J connectivity index is 2.41. The van der Waals surface area contributed by atoms with Crippen molar-refractivity contribution in [2.45, 2.75) is 24.1 Å². The largest absolute Gasteiger partial charge is 0.460 e. The molecule has 206 valence electrons. The Hall–Kier alpha value is -3.72. The van der Waals surface area contributed by atoms with Crippen molar-refractivity contribution in [2.24, 2.45) is 0 Å². The van der Waals surface area contributed by atoms with Gasteiger partial charge in [0.05, 0.1) is 6.54 Å². The fraction of sp³-hybridized carbons (Fsp3) is 0.217. The maximum absolute atomic E-state index is 14.7. The van der Waals surface area contributed by atoms with Crippen molar-refractivity contribution in [2.75, 3.05) is 13.2 Å². The molecule has 2 unspecified atom stereocenters. The van der Waals surface area contributed by atoms with E-state index in [0.717, 1.165) is 12.1 Å². The predicted molar refractivity (Wildman–Crippen MR) is 120 cm³/mol. The first kappa shape index (κ1) is 30.5. The van der Waals surface area contributed by atoms with Crippen molar-refractivity contribution < 1.29 is 58.2 Å². The van der Waals surface area contributed by atoms with Gasteiger partial charge in [-0.1, -0.05) is 36.9 Å². The molecule has 0 aliphatic carbocycles. The molecule has 0 aromatic heterocycles. The average molecular weight is 569 g/mol. The topological polar surface area (TPSA) is 98.8 Å². The highest BCUT2D eigenvalue weighted by Crippen LogP contribution is 2.33. The fourth-order valence-corrected chi connectivity index (χ4v) is 4.14. The SMILES string of the molecule is C=C(C)C(=O)OCCNC(=O)c1c(F)c(F)c(S(=C)(=O)OC(C(=O)c2ccccc2)C(F)(F)F)c(F)c1F. The molecule has 7 nitrogen and oxygen atoms in total. The van der Waals surface area contributed by atoms with Crippen molar-refractivity contribution in [3.05, 3.63) is 76.9 Å². The summed E-state index contributed by atoms with van der Waals surface area (Å²) in [7, 11) is -5.35. The summed E-state index contributed by atoms with van der Waals surface area (Å²) in [5, 5.41) is 1.80. The quantitative estimate of drug-likeness (QED) is 0.0887. The Morgan fingerprint density at radius 1 is 1.00 bits per heavy atom. The van der Waals surface area contributed by atoms with Crippen LogP contribution in [-0.2, 0) is 23.5 Å². The van der Waals surface area contributed by atoms with E-state index in [1.807, 2.05) is 0 Å². The molecule has 2 atom stereocenters. The number of esters is 1. The van der Waals surface area contributed by atoms with E-state index in [4.69, 9.17) is 0 Å². The molecule has 0 heterocycles. The molecule has 0 saturated carbocycles. The van der Waals surface area contributed by atoms with Gasteiger partial charge in [0.15, 0.2) is 23.3 Å². The minimum Gasteiger partial charge on any atom is -0.460 e. The second kappa shape index (κ2) is 11.8. The summed E-state index contributed by atoms with van der Waals surface area (Å²) in [6, 6.07) is 5.58. The maximum atomic E-state index is 14.7. The number of carbonyl (C=O) groups is 3. The van der Waals surface area contributed by atoms with E-state index in [-0.39, 0.29) is 5.57 Å². The molecule has 0 spiro atoms. The van der Waals surface area contributed by atoms with Crippen LogP contribution in [0.4, 0.5) is 30.7 Å². The Kier molecular flexibility index (Phi) is 9.45. The highest BCUT2D eigenvalue weighted by molar-refractivity contribution is 7.96. The van der Waals surface area contributed by atoms with Crippen molar-refractivity contribution in [1.29, 1.82) is 0 Å². The van der Waals surface area contributed by atoms with Crippen LogP contribution in [0.2, 0.25) is 0 Å². The van der Waals surface area contributed by atoms with E-state index in [9.17, 15) is 49.3 Å². The van der Waals surface area contributed by atoms with Gasteiger partial charge in [-0.15, -0.1) is 0 Å². The number of benzene rings is 2. The Morgan fingerprint density at radius 3 is 2.00 bits per heavy atom. The number of alkyl halides is 3. The first-order chi connectivity index (χ1) is 17.5. The van der Waals surface area contributed by atoms with Crippen molar-refractivity contribution >= 4 is 33.3 Å². The molecule has 0 radical (unpaired) electrons. The van der Waals surface area contributed by atoms with Gasteiger partial charge < -0.3 is 10.1 Å². The molecule has 0 saturated heterocycles. The molecule has 38 heavy (non-hydrogen) atoms. The van der Waals surface area contributed by atoms with Gasteiger partial charge in [0.2, 0.25) is 11.9 Å². The van der Waals surface area contributed by atoms with Crippen LogP contribution in [0.3, 0.4) is 0 Å². The lowest BCUT2D eigenvalue weighted by molar-refractivity contribution is -0.177. The molecule has 0 aliphatic rings. The second-order valence-corrected chi connectivity index (χ2v) is 9.33. The Bertz CT molecular complexity index is 1350. The van der Waals surface area contributed by atoms with Crippen LogP contribution in [0.5, 0.6) is 0 Å². The summed E-state index contributed by atoms with van der Waals surface area (Å²) in [5.74, 6) is -11.8. The number of ketones is 1. The number of ether oxygens (including phenoxy) is 1. The molecule has 0 fully saturated rings. The van der Waals surface area contributed by atoms with Gasteiger partial charge in [-0.25, -0.2) is 26.6 Å². The van der Waals surface area contributed by atoms with Gasteiger partial charge in [0, 0.05) is 11.1 Å². The third kappa shape index (κ3) is 6.77. The number of halogens is 7. The summed E-state index contributed by atoms with van der Waals surface area (Å²) in [5.41, 5.74) is -2.47. The van der Waals surface area contributed by atoms with Crippen LogP contribution < -0.4 is 5.32 Å². The van der Waals surface area contributed by atoms with Crippen LogP contribution in [0.15, 0.2) is 47.4 Å². The third-order valence-corrected chi connectivity index (χ3v) is 6.06. The lowest BCUT2D eigenvalue weighted by Gasteiger charge is -2.22. The summed E-state index contributed by atoms with van der Waals surface area (Å²) < 4.78 is 121. The van der Waals surface area contributed by atoms with Gasteiger partial charge in [0.25, 0.3) is 5.91 Å². The fourth-order valence-electron chi connectivity index (χ4n) is 2.81. The van der Waals surface area contributed by atoms with E-state index in [2.05, 4.69) is 21.4 Å². The second-order valence-electron chi connectivity index (χ2n) is 7.50. The summed E-state index contributed by atoms with van der Waals surface area (Å²) >= 11 is 0. The smallest absolute Gasteiger partial charge is 0.423 e. The average Bonchev–Trinajstić information content (AvgIpc) is 2.83. The first-order valence-electron chi connectivity index (χ1n) is 10.2. The van der Waals surface area contributed by atoms with E-state index in [0.29, 0.717) is 0 Å². The number of hydrogen-bond acceptors (Lipinski definition) is 6. The zero-order chi connectivity index (χ0) is 29.0. The minimum absolute atomic E-state index is 0.00892. The van der Waals surface area contributed by atoms with Gasteiger partial charge in [-0.2, -0.15) is 13.2 Å². The summed E-state index contributed by atoms with van der Waals surface area (Å²) in [6.07, 6.45) is -9.19. The number of rotatable bonds is 10. The summed E-state index contributed by atoms with van der Waals surface area (Å²) in [4.78, 5) is 33.5. The third-order valence-electron chi connectivity index (χ3n) is 4.58. The molecular weight excluding hydrogens is 551 g/mol. The standard InChI is InChI=1S/C23H18F7NO6S/c1-11(2)22(34)36-10-9-31-21(33)13-14(24)16(26)19(17(27)15(13)25)38(3,35)37-20(23(28,29)30)18(32)12-7-5-4-6-8-12/h4-8,20H,1,3,9-10H2,2H3,(H,31,33). The van der Waals surface area contributed by atoms with E-state index in [1.165, 1.54) is 25.1 Å². The van der Waals surface area contributed by atoms with Gasteiger partial charge >= 0.3 is 12.1 Å². The molecule has 0 aliphatic heterocycles. The Morgan fingerprint density at radius 2 is 1.53 bits per heavy atom. The normalized spacial score (nSPS) is 13.8. The van der Waals surface area contributed by atoms with E-state index in [1.54, 1.807) is 5.32 Å². The number of amides is 1. The Labute approximate surface area is 211 Å². The minimum atomic E-state index is -5.59. The molecule has 15 heteroatoms. The molecule has 1 N–H and O–H groups in total. The predicted octanol–water partition coefficient (Wildman–Crippen LogP) is 3.91. The zero-order valence-electron chi connectivity index (χ0n) is 19.3. The van der Waals surface area contributed by atoms with Gasteiger partial charge in [-0.05, 0) is 12.8 Å². The van der Waals surface area contributed by atoms with Crippen molar-refractivity contribution in [3.63, 3.8) is 0 Å². The van der Waals surface area contributed by atoms with Crippen LogP contribution in [0.25, 0.3) is 0 Å². The molecule has 0 bridgehead atoms. The van der Waals surface area contributed by atoms with Crippen LogP contribution in [0, 0.1) is 23.3 Å². The molecule has 2 aromatic rings. The maximum Gasteiger partial charge on any atom is 0.423 e. The summed E-state index contributed by atoms with van der Waals surface area (Å²) in [6.45, 7) is 3.48. The monoisotopic (exact) mass is 569 g/mol. The molecule has 2 rings (SSSR count). The number of Topliss-reactive ketones (excluding diaryl/α,β-unsaturated/α-hetero) is 1. The molecular formula is C23H18F7NO6S. The van der Waals surface area contributed by atoms with Crippen molar-refractivity contribution in [3.8, 4) is 0 Å². The number of hydrogen-bond donors (Lipinski definition) is 1. The van der Waals surface area contributed by atoms with Gasteiger partial charge in [-0.3, -0.25) is 13.8 Å². The molecule has 1 amide bonds. The lowest BCUT2D eigenvalue weighted by Crippen LogP contribution is -2.41.